The van der Waals surface area contributed by atoms with E-state index in [1.165, 1.54) is 11.8 Å². The summed E-state index contributed by atoms with van der Waals surface area (Å²) in [5, 5.41) is 0. The Morgan fingerprint density at radius 3 is 2.50 bits per heavy atom. The smallest absolute Gasteiger partial charge is 0.191 e. The number of thioether (sulfide) groups is 1. The van der Waals surface area contributed by atoms with Crippen LogP contribution >= 0.6 is 11.8 Å². The van der Waals surface area contributed by atoms with Gasteiger partial charge in [-0.3, -0.25) is 0 Å². The molecule has 4 nitrogen and oxygen atoms in total. The molecular formula is C14H20O4S2. The molecule has 0 bridgehead atoms. The summed E-state index contributed by atoms with van der Waals surface area (Å²) < 4.78 is 35.3. The topological polar surface area (TPSA) is 52.6 Å². The zero-order chi connectivity index (χ0) is 14.6. The predicted octanol–water partition coefficient (Wildman–Crippen LogP) is 2.47. The fourth-order valence-corrected chi connectivity index (χ4v) is 5.82. The number of fused-ring (bicyclic) bond motifs is 1. The molecule has 0 aromatic heterocycles. The molecule has 0 aliphatic carbocycles. The van der Waals surface area contributed by atoms with Crippen molar-refractivity contribution in [1.29, 1.82) is 0 Å². The summed E-state index contributed by atoms with van der Waals surface area (Å²) in [7, 11) is -3.22. The van der Waals surface area contributed by atoms with Gasteiger partial charge in [-0.15, -0.1) is 11.8 Å². The third kappa shape index (κ3) is 3.36. The monoisotopic (exact) mass is 316 g/mol. The van der Waals surface area contributed by atoms with E-state index in [4.69, 9.17) is 9.47 Å². The van der Waals surface area contributed by atoms with Gasteiger partial charge in [0.05, 0.1) is 4.90 Å². The lowest BCUT2D eigenvalue weighted by Crippen LogP contribution is -2.23. The quantitative estimate of drug-likeness (QED) is 0.723. The first-order chi connectivity index (χ1) is 9.59. The normalized spacial score (nSPS) is 20.2. The molecule has 1 heterocycles. The van der Waals surface area contributed by atoms with Gasteiger partial charge in [-0.05, 0) is 25.5 Å². The zero-order valence-electron chi connectivity index (χ0n) is 11.7. The van der Waals surface area contributed by atoms with E-state index in [0.717, 1.165) is 5.56 Å². The third-order valence-electron chi connectivity index (χ3n) is 3.14. The Labute approximate surface area is 124 Å². The lowest BCUT2D eigenvalue weighted by Gasteiger charge is -2.18. The number of hydrogen-bond donors (Lipinski definition) is 0. The van der Waals surface area contributed by atoms with Crippen molar-refractivity contribution >= 4 is 21.6 Å². The number of hydrogen-bond acceptors (Lipinski definition) is 5. The van der Waals surface area contributed by atoms with Crippen molar-refractivity contribution in [2.75, 3.05) is 19.0 Å². The van der Waals surface area contributed by atoms with Crippen LogP contribution in [0.4, 0.5) is 0 Å². The number of rotatable bonds is 7. The summed E-state index contributed by atoms with van der Waals surface area (Å²) in [6, 6.07) is 7.22. The van der Waals surface area contributed by atoms with Crippen LogP contribution in [0.15, 0.2) is 29.2 Å². The van der Waals surface area contributed by atoms with Crippen molar-refractivity contribution in [3.05, 3.63) is 29.8 Å². The van der Waals surface area contributed by atoms with Gasteiger partial charge in [0.1, 0.15) is 4.58 Å². The molecule has 1 atom stereocenters. The summed E-state index contributed by atoms with van der Waals surface area (Å²) in [5.74, 6) is 0.527. The molecule has 112 valence electrons. The maximum Gasteiger partial charge on any atom is 0.191 e. The van der Waals surface area contributed by atoms with Crippen LogP contribution in [0, 0.1) is 0 Å². The van der Waals surface area contributed by atoms with Crippen LogP contribution in [-0.2, 0) is 25.7 Å². The first-order valence-corrected chi connectivity index (χ1v) is 9.35. The van der Waals surface area contributed by atoms with Crippen molar-refractivity contribution in [3.63, 3.8) is 0 Å². The molecule has 0 N–H and O–H groups in total. The Morgan fingerprint density at radius 2 is 1.90 bits per heavy atom. The van der Waals surface area contributed by atoms with Gasteiger partial charge in [0.25, 0.3) is 0 Å². The standard InChI is InChI=1S/C14H20O4S2/c1-3-17-13(18-4-2)10-19-14-9-11-7-5-6-8-12(11)20(14,15)16/h5-8,13-14H,3-4,9-10H2,1-2H3. The fourth-order valence-electron chi connectivity index (χ4n) is 2.23. The van der Waals surface area contributed by atoms with Crippen molar-refractivity contribution in [2.45, 2.75) is 36.0 Å². The van der Waals surface area contributed by atoms with Crippen LogP contribution in [0.1, 0.15) is 19.4 Å². The molecule has 1 aromatic carbocycles. The van der Waals surface area contributed by atoms with E-state index in [0.29, 0.717) is 30.3 Å². The van der Waals surface area contributed by atoms with Gasteiger partial charge in [0.15, 0.2) is 16.1 Å². The maximum absolute atomic E-state index is 12.4. The van der Waals surface area contributed by atoms with E-state index in [-0.39, 0.29) is 6.29 Å². The van der Waals surface area contributed by atoms with Crippen LogP contribution in [-0.4, -0.2) is 38.3 Å². The zero-order valence-corrected chi connectivity index (χ0v) is 13.4. The van der Waals surface area contributed by atoms with Gasteiger partial charge < -0.3 is 9.47 Å². The molecule has 20 heavy (non-hydrogen) atoms. The SMILES string of the molecule is CCOC(CSC1Cc2ccccc2S1(=O)=O)OCC. The molecule has 6 heteroatoms. The molecule has 0 saturated heterocycles. The number of sulfone groups is 1. The summed E-state index contributed by atoms with van der Waals surface area (Å²) in [6.07, 6.45) is 0.225. The van der Waals surface area contributed by atoms with Crippen LogP contribution in [0.2, 0.25) is 0 Å². The van der Waals surface area contributed by atoms with Crippen molar-refractivity contribution < 1.29 is 17.9 Å². The van der Waals surface area contributed by atoms with E-state index in [2.05, 4.69) is 0 Å². The van der Waals surface area contributed by atoms with E-state index in [1.807, 2.05) is 26.0 Å². The Kier molecular flexibility index (Phi) is 5.49. The second-order valence-electron chi connectivity index (χ2n) is 4.46. The van der Waals surface area contributed by atoms with Crippen molar-refractivity contribution in [3.8, 4) is 0 Å². The highest BCUT2D eigenvalue weighted by molar-refractivity contribution is 8.13. The lowest BCUT2D eigenvalue weighted by atomic mass is 10.2. The van der Waals surface area contributed by atoms with E-state index in [9.17, 15) is 8.42 Å². The minimum atomic E-state index is -3.22. The fraction of sp³-hybridized carbons (Fsp3) is 0.571. The summed E-state index contributed by atoms with van der Waals surface area (Å²) in [6.45, 7) is 4.92. The van der Waals surface area contributed by atoms with Crippen LogP contribution in [0.3, 0.4) is 0 Å². The Bertz CT molecular complexity index is 536. The Hall–Kier alpha value is -0.560. The number of benzene rings is 1. The van der Waals surface area contributed by atoms with Crippen LogP contribution < -0.4 is 0 Å². The van der Waals surface area contributed by atoms with Crippen molar-refractivity contribution in [1.82, 2.24) is 0 Å². The van der Waals surface area contributed by atoms with E-state index in [1.54, 1.807) is 12.1 Å². The maximum atomic E-state index is 12.4. The average Bonchev–Trinajstić information content (AvgIpc) is 2.68. The predicted molar refractivity (Wildman–Crippen MR) is 80.6 cm³/mol. The summed E-state index contributed by atoms with van der Waals surface area (Å²) in [5.41, 5.74) is 0.911. The summed E-state index contributed by atoms with van der Waals surface area (Å²) >= 11 is 1.40. The van der Waals surface area contributed by atoms with E-state index < -0.39 is 14.4 Å². The van der Waals surface area contributed by atoms with Crippen LogP contribution in [0.5, 0.6) is 0 Å². The average molecular weight is 316 g/mol. The molecule has 1 aromatic rings. The molecule has 2 rings (SSSR count). The highest BCUT2D eigenvalue weighted by Gasteiger charge is 2.37. The minimum absolute atomic E-state index is 0.339. The molecule has 0 spiro atoms. The molecule has 1 unspecified atom stereocenters. The van der Waals surface area contributed by atoms with Crippen LogP contribution in [0.25, 0.3) is 0 Å². The first-order valence-electron chi connectivity index (χ1n) is 6.76. The molecule has 1 aliphatic rings. The van der Waals surface area contributed by atoms with Gasteiger partial charge >= 0.3 is 0 Å². The van der Waals surface area contributed by atoms with Gasteiger partial charge in [-0.25, -0.2) is 8.42 Å². The highest BCUT2D eigenvalue weighted by atomic mass is 32.3. The summed E-state index contributed by atoms with van der Waals surface area (Å²) in [4.78, 5) is 0.474. The first kappa shape index (κ1) is 15.8. The number of ether oxygens (including phenoxy) is 2. The third-order valence-corrected chi connectivity index (χ3v) is 7.18. The Morgan fingerprint density at radius 1 is 1.25 bits per heavy atom. The van der Waals surface area contributed by atoms with Gasteiger partial charge in [-0.2, -0.15) is 0 Å². The molecule has 0 radical (unpaired) electrons. The largest absolute Gasteiger partial charge is 0.352 e. The van der Waals surface area contributed by atoms with Gasteiger partial charge in [-0.1, -0.05) is 18.2 Å². The second-order valence-corrected chi connectivity index (χ2v) is 8.09. The molecule has 1 aliphatic heterocycles. The molecule has 0 saturated carbocycles. The van der Waals surface area contributed by atoms with E-state index >= 15 is 0 Å². The molecule has 0 fully saturated rings. The van der Waals surface area contributed by atoms with Gasteiger partial charge in [0, 0.05) is 25.4 Å². The Balaban J connectivity index is 2.02. The van der Waals surface area contributed by atoms with Crippen molar-refractivity contribution in [2.24, 2.45) is 0 Å². The minimum Gasteiger partial charge on any atom is -0.352 e. The lowest BCUT2D eigenvalue weighted by molar-refractivity contribution is -0.120. The molecule has 0 amide bonds. The molecular weight excluding hydrogens is 296 g/mol. The van der Waals surface area contributed by atoms with Gasteiger partial charge in [0.2, 0.25) is 0 Å². The highest BCUT2D eigenvalue weighted by Crippen LogP contribution is 2.37. The second kappa shape index (κ2) is 6.93.